The maximum Gasteiger partial charge on any atom is 0.161 e. The predicted octanol–water partition coefficient (Wildman–Crippen LogP) is 3.30. The molecule has 0 radical (unpaired) electrons. The van der Waals surface area contributed by atoms with Crippen molar-refractivity contribution in [3.63, 3.8) is 0 Å². The molecule has 28 heavy (non-hydrogen) atoms. The van der Waals surface area contributed by atoms with Gasteiger partial charge in [-0.2, -0.15) is 0 Å². The van der Waals surface area contributed by atoms with Gasteiger partial charge in [0.1, 0.15) is 17.1 Å². The first-order chi connectivity index (χ1) is 13.7. The predicted molar refractivity (Wildman–Crippen MR) is 107 cm³/mol. The molecule has 1 aromatic heterocycles. The molecule has 0 amide bonds. The number of ether oxygens (including phenoxy) is 3. The average molecular weight is 370 g/mol. The van der Waals surface area contributed by atoms with Crippen molar-refractivity contribution in [2.24, 2.45) is 0 Å². The Balaban J connectivity index is 1.79. The first-order valence-electron chi connectivity index (χ1n) is 8.44. The Labute approximate surface area is 164 Å². The van der Waals surface area contributed by atoms with E-state index >= 15 is 0 Å². The Bertz CT molecular complexity index is 1080. The molecule has 5 heteroatoms. The van der Waals surface area contributed by atoms with Gasteiger partial charge in [-0.25, -0.2) is 4.98 Å². The molecule has 0 unspecified atom stereocenters. The second-order valence-electron chi connectivity index (χ2n) is 5.59. The molecule has 0 fully saturated rings. The van der Waals surface area contributed by atoms with Crippen molar-refractivity contribution in [1.82, 2.24) is 9.97 Å². The van der Waals surface area contributed by atoms with Crippen molar-refractivity contribution in [3.8, 4) is 40.9 Å². The zero-order chi connectivity index (χ0) is 19.8. The van der Waals surface area contributed by atoms with E-state index in [1.807, 2.05) is 42.5 Å². The molecule has 2 aromatic carbocycles. The van der Waals surface area contributed by atoms with Gasteiger partial charge in [0.15, 0.2) is 11.5 Å². The molecular weight excluding hydrogens is 352 g/mol. The molecule has 0 N–H and O–H groups in total. The lowest BCUT2D eigenvalue weighted by atomic mass is 10.2. The molecule has 0 bridgehead atoms. The van der Waals surface area contributed by atoms with Crippen molar-refractivity contribution < 1.29 is 14.2 Å². The van der Waals surface area contributed by atoms with Crippen LogP contribution < -0.4 is 14.2 Å². The molecule has 0 saturated carbocycles. The lowest BCUT2D eigenvalue weighted by Gasteiger charge is -2.06. The van der Waals surface area contributed by atoms with Crippen LogP contribution in [0, 0.1) is 23.7 Å². The fraction of sp³-hybridized carbons (Fsp3) is 0.130. The van der Waals surface area contributed by atoms with E-state index in [2.05, 4.69) is 33.6 Å². The molecule has 0 aliphatic rings. The van der Waals surface area contributed by atoms with Gasteiger partial charge in [-0.15, -0.1) is 0 Å². The molecule has 0 spiro atoms. The zero-order valence-corrected chi connectivity index (χ0v) is 15.8. The topological polar surface area (TPSA) is 53.5 Å². The monoisotopic (exact) mass is 370 g/mol. The fourth-order valence-corrected chi connectivity index (χ4v) is 2.35. The summed E-state index contributed by atoms with van der Waals surface area (Å²) >= 11 is 0. The van der Waals surface area contributed by atoms with Gasteiger partial charge in [-0.05, 0) is 54.3 Å². The molecule has 0 saturated heterocycles. The molecule has 0 aliphatic carbocycles. The second-order valence-corrected chi connectivity index (χ2v) is 5.59. The summed E-state index contributed by atoms with van der Waals surface area (Å²) in [5.74, 6) is 14.2. The summed E-state index contributed by atoms with van der Waals surface area (Å²) in [5, 5.41) is 0. The highest BCUT2D eigenvalue weighted by Crippen LogP contribution is 2.27. The molecule has 3 rings (SSSR count). The summed E-state index contributed by atoms with van der Waals surface area (Å²) in [4.78, 5) is 8.59. The Morgan fingerprint density at radius 1 is 0.643 bits per heavy atom. The maximum atomic E-state index is 5.29. The van der Waals surface area contributed by atoms with Crippen molar-refractivity contribution in [2.45, 2.75) is 0 Å². The van der Waals surface area contributed by atoms with E-state index in [1.54, 1.807) is 33.7 Å². The second kappa shape index (κ2) is 9.12. The van der Waals surface area contributed by atoms with Gasteiger partial charge in [0.2, 0.25) is 0 Å². The van der Waals surface area contributed by atoms with Crippen LogP contribution in [0.4, 0.5) is 0 Å². The van der Waals surface area contributed by atoms with Crippen LogP contribution in [0.3, 0.4) is 0 Å². The van der Waals surface area contributed by atoms with Crippen molar-refractivity contribution in [2.75, 3.05) is 21.3 Å². The normalized spacial score (nSPS) is 9.39. The number of benzene rings is 2. The minimum Gasteiger partial charge on any atom is -0.497 e. The Hall–Kier alpha value is -3.96. The summed E-state index contributed by atoms with van der Waals surface area (Å²) in [6.45, 7) is 0. The molecule has 0 atom stereocenters. The summed E-state index contributed by atoms with van der Waals surface area (Å²) in [5.41, 5.74) is 2.74. The minimum absolute atomic E-state index is 0.538. The van der Waals surface area contributed by atoms with Crippen molar-refractivity contribution in [3.05, 3.63) is 77.4 Å². The highest BCUT2D eigenvalue weighted by atomic mass is 16.5. The van der Waals surface area contributed by atoms with E-state index in [1.165, 1.54) is 0 Å². The van der Waals surface area contributed by atoms with Gasteiger partial charge in [0.05, 0.1) is 33.7 Å². The smallest absolute Gasteiger partial charge is 0.161 e. The molecule has 1 heterocycles. The van der Waals surface area contributed by atoms with Gasteiger partial charge >= 0.3 is 0 Å². The van der Waals surface area contributed by atoms with E-state index in [9.17, 15) is 0 Å². The SMILES string of the molecule is COc1ccc(C#Cc2cncc(C#Cc3ccc(OC)c(OC)c3)n2)cc1. The molecule has 5 nitrogen and oxygen atoms in total. The third kappa shape index (κ3) is 4.81. The first kappa shape index (κ1) is 18.8. The van der Waals surface area contributed by atoms with E-state index in [0.717, 1.165) is 16.9 Å². The standard InChI is InChI=1S/C23H18N2O3/c1-26-21-11-6-17(7-12-21)4-9-19-15-24-16-20(25-19)10-5-18-8-13-22(27-2)23(14-18)28-3/h6-8,11-16H,1-3H3. The van der Waals surface area contributed by atoms with Gasteiger partial charge in [0, 0.05) is 11.1 Å². The molecule has 3 aromatic rings. The Morgan fingerprint density at radius 3 is 1.86 bits per heavy atom. The van der Waals surface area contributed by atoms with Crippen molar-refractivity contribution in [1.29, 1.82) is 0 Å². The van der Waals surface area contributed by atoms with Crippen molar-refractivity contribution >= 4 is 0 Å². The van der Waals surface area contributed by atoms with Gasteiger partial charge < -0.3 is 14.2 Å². The van der Waals surface area contributed by atoms with Crippen LogP contribution in [0.15, 0.2) is 54.9 Å². The fourth-order valence-electron chi connectivity index (χ4n) is 2.35. The molecule has 138 valence electrons. The summed E-state index contributed by atoms with van der Waals surface area (Å²) in [6, 6.07) is 13.0. The van der Waals surface area contributed by atoms with E-state index < -0.39 is 0 Å². The summed E-state index contributed by atoms with van der Waals surface area (Å²) < 4.78 is 15.7. The number of hydrogen-bond donors (Lipinski definition) is 0. The number of aromatic nitrogens is 2. The average Bonchev–Trinajstić information content (AvgIpc) is 2.76. The number of rotatable bonds is 3. The number of nitrogens with zero attached hydrogens (tertiary/aromatic N) is 2. The van der Waals surface area contributed by atoms with Crippen LogP contribution in [0.25, 0.3) is 0 Å². The van der Waals surface area contributed by atoms with Gasteiger partial charge in [0.25, 0.3) is 0 Å². The lowest BCUT2D eigenvalue weighted by molar-refractivity contribution is 0.355. The third-order valence-corrected chi connectivity index (χ3v) is 3.78. The van der Waals surface area contributed by atoms with Crippen LogP contribution in [-0.4, -0.2) is 31.3 Å². The van der Waals surface area contributed by atoms with Crippen LogP contribution >= 0.6 is 0 Å². The van der Waals surface area contributed by atoms with E-state index in [-0.39, 0.29) is 0 Å². The van der Waals surface area contributed by atoms with E-state index in [4.69, 9.17) is 14.2 Å². The first-order valence-corrected chi connectivity index (χ1v) is 8.44. The van der Waals surface area contributed by atoms with Crippen LogP contribution in [0.2, 0.25) is 0 Å². The Morgan fingerprint density at radius 2 is 1.25 bits per heavy atom. The largest absolute Gasteiger partial charge is 0.497 e. The Kier molecular flexibility index (Phi) is 6.13. The third-order valence-electron chi connectivity index (χ3n) is 3.78. The highest BCUT2D eigenvalue weighted by molar-refractivity contribution is 5.50. The maximum absolute atomic E-state index is 5.29. The summed E-state index contributed by atoms with van der Waals surface area (Å²) in [7, 11) is 4.81. The van der Waals surface area contributed by atoms with Crippen LogP contribution in [0.5, 0.6) is 17.2 Å². The van der Waals surface area contributed by atoms with Crippen LogP contribution in [0.1, 0.15) is 22.5 Å². The quantitative estimate of drug-likeness (QED) is 0.662. The van der Waals surface area contributed by atoms with Crippen LogP contribution in [-0.2, 0) is 0 Å². The summed E-state index contributed by atoms with van der Waals surface area (Å²) in [6.07, 6.45) is 3.21. The van der Waals surface area contributed by atoms with Gasteiger partial charge in [-0.1, -0.05) is 11.8 Å². The van der Waals surface area contributed by atoms with E-state index in [0.29, 0.717) is 22.9 Å². The number of hydrogen-bond acceptors (Lipinski definition) is 5. The van der Waals surface area contributed by atoms with Gasteiger partial charge in [-0.3, -0.25) is 4.98 Å². The molecule has 0 aliphatic heterocycles. The highest BCUT2D eigenvalue weighted by Gasteiger charge is 2.02. The minimum atomic E-state index is 0.538. The number of methoxy groups -OCH3 is 3. The zero-order valence-electron chi connectivity index (χ0n) is 15.8. The lowest BCUT2D eigenvalue weighted by Crippen LogP contribution is -1.91. The molecular formula is C23H18N2O3.